The molecule has 0 saturated heterocycles. The van der Waals surface area contributed by atoms with Crippen molar-refractivity contribution in [3.05, 3.63) is 97.9 Å². The van der Waals surface area contributed by atoms with Crippen LogP contribution in [0.3, 0.4) is 0 Å². The first-order valence-corrected chi connectivity index (χ1v) is 10.4. The van der Waals surface area contributed by atoms with Crippen LogP contribution in [-0.2, 0) is 11.4 Å². The maximum atomic E-state index is 12.5. The molecule has 1 amide bonds. The molecule has 0 atom stereocenters. The van der Waals surface area contributed by atoms with Gasteiger partial charge in [-0.15, -0.1) is 0 Å². The molecular formula is C23H15BrCl2N2O2. The Bertz CT molecular complexity index is 1140. The van der Waals surface area contributed by atoms with Crippen LogP contribution in [0.4, 0.5) is 5.69 Å². The molecule has 0 aliphatic rings. The molecule has 0 radical (unpaired) electrons. The largest absolute Gasteiger partial charge is 0.489 e. The molecule has 0 saturated carbocycles. The van der Waals surface area contributed by atoms with Gasteiger partial charge < -0.3 is 10.1 Å². The molecule has 4 nitrogen and oxygen atoms in total. The van der Waals surface area contributed by atoms with Crippen molar-refractivity contribution in [3.8, 4) is 11.8 Å². The summed E-state index contributed by atoms with van der Waals surface area (Å²) in [6, 6.07) is 21.8. The van der Waals surface area contributed by atoms with Gasteiger partial charge >= 0.3 is 0 Å². The number of carbonyl (C=O) groups is 1. The highest BCUT2D eigenvalue weighted by Gasteiger charge is 2.13. The SMILES string of the molecule is N#C/C(=C\c1cccc(OCc2ccc(Br)cc2)c1)C(=O)Nc1cccc(Cl)c1Cl. The van der Waals surface area contributed by atoms with Crippen molar-refractivity contribution in [3.63, 3.8) is 0 Å². The van der Waals surface area contributed by atoms with Crippen LogP contribution >= 0.6 is 39.1 Å². The highest BCUT2D eigenvalue weighted by molar-refractivity contribution is 9.10. The number of halogens is 3. The zero-order valence-corrected chi connectivity index (χ0v) is 18.6. The van der Waals surface area contributed by atoms with Gasteiger partial charge in [0.15, 0.2) is 0 Å². The van der Waals surface area contributed by atoms with Gasteiger partial charge in [0.2, 0.25) is 0 Å². The number of nitrogens with zero attached hydrogens (tertiary/aromatic N) is 1. The molecule has 30 heavy (non-hydrogen) atoms. The first kappa shape index (κ1) is 21.9. The van der Waals surface area contributed by atoms with Gasteiger partial charge in [-0.1, -0.05) is 69.5 Å². The van der Waals surface area contributed by atoms with Gasteiger partial charge in [0.1, 0.15) is 24.0 Å². The molecule has 3 rings (SSSR count). The number of hydrogen-bond acceptors (Lipinski definition) is 3. The van der Waals surface area contributed by atoms with Crippen LogP contribution in [-0.4, -0.2) is 5.91 Å². The van der Waals surface area contributed by atoms with E-state index in [4.69, 9.17) is 27.9 Å². The Hall–Kier alpha value is -2.78. The molecule has 0 aromatic heterocycles. The van der Waals surface area contributed by atoms with Crippen LogP contribution in [0, 0.1) is 11.3 Å². The van der Waals surface area contributed by atoms with Crippen molar-refractivity contribution >= 4 is 56.8 Å². The van der Waals surface area contributed by atoms with E-state index in [1.165, 1.54) is 6.08 Å². The monoisotopic (exact) mass is 500 g/mol. The Labute approximate surface area is 192 Å². The lowest BCUT2D eigenvalue weighted by Gasteiger charge is -2.09. The first-order chi connectivity index (χ1) is 14.5. The van der Waals surface area contributed by atoms with E-state index in [1.807, 2.05) is 36.4 Å². The normalized spacial score (nSPS) is 10.9. The number of carbonyl (C=O) groups excluding carboxylic acids is 1. The maximum absolute atomic E-state index is 12.5. The van der Waals surface area contributed by atoms with Crippen molar-refractivity contribution in [2.24, 2.45) is 0 Å². The molecule has 7 heteroatoms. The molecule has 0 heterocycles. The molecule has 150 valence electrons. The smallest absolute Gasteiger partial charge is 0.266 e. The number of anilines is 1. The Morgan fingerprint density at radius 1 is 1.10 bits per heavy atom. The summed E-state index contributed by atoms with van der Waals surface area (Å²) >= 11 is 15.5. The minimum absolute atomic E-state index is 0.0731. The van der Waals surface area contributed by atoms with Crippen LogP contribution < -0.4 is 10.1 Å². The van der Waals surface area contributed by atoms with Gasteiger partial charge in [-0.25, -0.2) is 0 Å². The van der Waals surface area contributed by atoms with Crippen molar-refractivity contribution in [2.45, 2.75) is 6.61 Å². The molecule has 1 N–H and O–H groups in total. The molecule has 3 aromatic rings. The number of hydrogen-bond donors (Lipinski definition) is 1. The zero-order valence-electron chi connectivity index (χ0n) is 15.5. The van der Waals surface area contributed by atoms with E-state index < -0.39 is 5.91 Å². The van der Waals surface area contributed by atoms with E-state index in [1.54, 1.807) is 36.4 Å². The lowest BCUT2D eigenvalue weighted by Crippen LogP contribution is -2.13. The van der Waals surface area contributed by atoms with E-state index in [9.17, 15) is 10.1 Å². The highest BCUT2D eigenvalue weighted by Crippen LogP contribution is 2.30. The Kier molecular flexibility index (Phi) is 7.53. The van der Waals surface area contributed by atoms with E-state index in [-0.39, 0.29) is 10.6 Å². The number of ether oxygens (including phenoxy) is 1. The van der Waals surface area contributed by atoms with Crippen molar-refractivity contribution < 1.29 is 9.53 Å². The third-order valence-electron chi connectivity index (χ3n) is 4.05. The molecule has 0 unspecified atom stereocenters. The van der Waals surface area contributed by atoms with Gasteiger partial charge in [-0.3, -0.25) is 4.79 Å². The molecule has 0 spiro atoms. The number of amides is 1. The number of nitriles is 1. The second-order valence-electron chi connectivity index (χ2n) is 6.21. The van der Waals surface area contributed by atoms with Crippen molar-refractivity contribution in [2.75, 3.05) is 5.32 Å². The fraction of sp³-hybridized carbons (Fsp3) is 0.0435. The zero-order chi connectivity index (χ0) is 21.5. The molecular weight excluding hydrogens is 487 g/mol. The summed E-state index contributed by atoms with van der Waals surface area (Å²) in [5, 5.41) is 12.6. The standard InChI is InChI=1S/C23H15BrCl2N2O2/c24-18-9-7-15(8-10-18)14-30-19-4-1-3-16(12-19)11-17(13-27)23(29)28-21-6-2-5-20(25)22(21)26/h1-12H,14H2,(H,28,29)/b17-11+. The average molecular weight is 502 g/mol. The van der Waals surface area contributed by atoms with E-state index in [0.29, 0.717) is 28.6 Å². The van der Waals surface area contributed by atoms with Gasteiger partial charge in [-0.05, 0) is 53.6 Å². The first-order valence-electron chi connectivity index (χ1n) is 8.81. The molecule has 0 aliphatic carbocycles. The minimum Gasteiger partial charge on any atom is -0.489 e. The lowest BCUT2D eigenvalue weighted by atomic mass is 10.1. The Balaban J connectivity index is 1.73. The van der Waals surface area contributed by atoms with Gasteiger partial charge in [-0.2, -0.15) is 5.26 Å². The highest BCUT2D eigenvalue weighted by atomic mass is 79.9. The number of benzene rings is 3. The predicted molar refractivity (Wildman–Crippen MR) is 124 cm³/mol. The molecule has 3 aromatic carbocycles. The second-order valence-corrected chi connectivity index (χ2v) is 7.91. The number of nitrogens with one attached hydrogen (secondary N) is 1. The summed E-state index contributed by atoms with van der Waals surface area (Å²) in [5.74, 6) is 0.0464. The summed E-state index contributed by atoms with van der Waals surface area (Å²) in [5.41, 5.74) is 1.94. The van der Waals surface area contributed by atoms with Gasteiger partial charge in [0.05, 0.1) is 15.7 Å². The third-order valence-corrected chi connectivity index (χ3v) is 5.40. The Morgan fingerprint density at radius 3 is 2.57 bits per heavy atom. The van der Waals surface area contributed by atoms with E-state index >= 15 is 0 Å². The maximum Gasteiger partial charge on any atom is 0.266 e. The molecule has 0 aliphatic heterocycles. The minimum atomic E-state index is -0.581. The summed E-state index contributed by atoms with van der Waals surface area (Å²) in [4.78, 5) is 12.5. The van der Waals surface area contributed by atoms with Crippen LogP contribution in [0.2, 0.25) is 10.0 Å². The Morgan fingerprint density at radius 2 is 1.83 bits per heavy atom. The second kappa shape index (κ2) is 10.3. The van der Waals surface area contributed by atoms with E-state index in [0.717, 1.165) is 10.0 Å². The average Bonchev–Trinajstić information content (AvgIpc) is 2.75. The summed E-state index contributed by atoms with van der Waals surface area (Å²) in [6.07, 6.45) is 1.49. The van der Waals surface area contributed by atoms with Crippen molar-refractivity contribution in [1.29, 1.82) is 5.26 Å². The number of rotatable bonds is 6. The van der Waals surface area contributed by atoms with Crippen LogP contribution in [0.1, 0.15) is 11.1 Å². The summed E-state index contributed by atoms with van der Waals surface area (Å²) < 4.78 is 6.81. The van der Waals surface area contributed by atoms with Crippen LogP contribution in [0.15, 0.2) is 76.8 Å². The third kappa shape index (κ3) is 5.87. The predicted octanol–water partition coefficient (Wildman–Crippen LogP) is 6.88. The fourth-order valence-electron chi connectivity index (χ4n) is 2.55. The fourth-order valence-corrected chi connectivity index (χ4v) is 3.16. The van der Waals surface area contributed by atoms with Crippen LogP contribution in [0.25, 0.3) is 6.08 Å². The van der Waals surface area contributed by atoms with Gasteiger partial charge in [0.25, 0.3) is 5.91 Å². The van der Waals surface area contributed by atoms with Crippen LogP contribution in [0.5, 0.6) is 5.75 Å². The van der Waals surface area contributed by atoms with Gasteiger partial charge in [0, 0.05) is 4.47 Å². The summed E-state index contributed by atoms with van der Waals surface area (Å²) in [6.45, 7) is 0.402. The topological polar surface area (TPSA) is 62.1 Å². The van der Waals surface area contributed by atoms with E-state index in [2.05, 4.69) is 21.2 Å². The quantitative estimate of drug-likeness (QED) is 0.295. The summed E-state index contributed by atoms with van der Waals surface area (Å²) in [7, 11) is 0. The molecule has 0 fully saturated rings. The van der Waals surface area contributed by atoms with Crippen molar-refractivity contribution in [1.82, 2.24) is 0 Å². The molecule has 0 bridgehead atoms. The lowest BCUT2D eigenvalue weighted by molar-refractivity contribution is -0.112.